The molecule has 0 amide bonds. The monoisotopic (exact) mass is 363 g/mol. The molecule has 4 rings (SSSR count). The van der Waals surface area contributed by atoms with Gasteiger partial charge in [-0.2, -0.15) is 5.10 Å². The number of benzene rings is 1. The summed E-state index contributed by atoms with van der Waals surface area (Å²) in [5.74, 6) is 0. The first-order valence-corrected chi connectivity index (χ1v) is 10.3. The van der Waals surface area contributed by atoms with Gasteiger partial charge in [0.25, 0.3) is 0 Å². The molecular weight excluding hydrogens is 338 g/mol. The highest BCUT2D eigenvalue weighted by atomic mass is 32.2. The zero-order valence-corrected chi connectivity index (χ0v) is 15.7. The number of hydrogen-bond acceptors (Lipinski definition) is 5. The molecule has 0 radical (unpaired) electrons. The molecule has 0 bridgehead atoms. The van der Waals surface area contributed by atoms with Gasteiger partial charge in [-0.1, -0.05) is 0 Å². The standard InChI is InChI=1S/C17H25N5O2S/c1-11-9-22(10-12(2)19-11)16-7-13(6-15-14(16)8-18-20-15)25(23,24)21-17(3)4-5-17/h6-8,11-12,19,21H,4-5,9-10H2,1-3H3,(H,18,20)/t11-,12-/m0/s1. The minimum absolute atomic E-state index is 0.292. The van der Waals surface area contributed by atoms with Crippen molar-refractivity contribution in [2.75, 3.05) is 18.0 Å². The van der Waals surface area contributed by atoms with Crippen molar-refractivity contribution in [2.45, 2.75) is 56.1 Å². The highest BCUT2D eigenvalue weighted by molar-refractivity contribution is 7.89. The second-order valence-corrected chi connectivity index (χ2v) is 9.50. The molecule has 7 nitrogen and oxygen atoms in total. The van der Waals surface area contributed by atoms with E-state index < -0.39 is 10.0 Å². The third kappa shape index (κ3) is 3.26. The molecule has 2 fully saturated rings. The van der Waals surface area contributed by atoms with Crippen molar-refractivity contribution in [1.82, 2.24) is 20.2 Å². The Bertz CT molecular complexity index is 893. The maximum atomic E-state index is 12.8. The lowest BCUT2D eigenvalue weighted by Gasteiger charge is -2.38. The zero-order chi connectivity index (χ0) is 17.8. The van der Waals surface area contributed by atoms with Crippen LogP contribution in [0, 0.1) is 0 Å². The first-order valence-electron chi connectivity index (χ1n) is 8.78. The molecule has 2 atom stereocenters. The number of rotatable bonds is 4. The lowest BCUT2D eigenvalue weighted by atomic mass is 10.1. The second-order valence-electron chi connectivity index (χ2n) is 7.81. The second kappa shape index (κ2) is 5.69. The zero-order valence-electron chi connectivity index (χ0n) is 14.8. The van der Waals surface area contributed by atoms with Crippen LogP contribution in [0.15, 0.2) is 23.2 Å². The Morgan fingerprint density at radius 2 is 1.92 bits per heavy atom. The van der Waals surface area contributed by atoms with Gasteiger partial charge in [0.15, 0.2) is 0 Å². The normalized spacial score (nSPS) is 26.1. The average molecular weight is 363 g/mol. The summed E-state index contributed by atoms with van der Waals surface area (Å²) in [4.78, 5) is 2.55. The fourth-order valence-electron chi connectivity index (χ4n) is 3.62. The summed E-state index contributed by atoms with van der Waals surface area (Å²) in [6.45, 7) is 7.90. The fourth-order valence-corrected chi connectivity index (χ4v) is 5.13. The number of sulfonamides is 1. The summed E-state index contributed by atoms with van der Waals surface area (Å²) in [5, 5.41) is 11.5. The summed E-state index contributed by atoms with van der Waals surface area (Å²) >= 11 is 0. The molecule has 2 heterocycles. The molecule has 3 N–H and O–H groups in total. The van der Waals surface area contributed by atoms with Gasteiger partial charge in [0.2, 0.25) is 10.0 Å². The number of aromatic nitrogens is 2. The molecule has 1 aliphatic carbocycles. The predicted molar refractivity (Wildman–Crippen MR) is 98.3 cm³/mol. The quantitative estimate of drug-likeness (QED) is 0.767. The Hall–Kier alpha value is -1.64. The smallest absolute Gasteiger partial charge is 0.241 e. The van der Waals surface area contributed by atoms with E-state index in [1.54, 1.807) is 18.3 Å². The van der Waals surface area contributed by atoms with Gasteiger partial charge in [-0.15, -0.1) is 0 Å². The first-order chi connectivity index (χ1) is 11.8. The van der Waals surface area contributed by atoms with E-state index in [-0.39, 0.29) is 5.54 Å². The van der Waals surface area contributed by atoms with Crippen molar-refractivity contribution in [3.05, 3.63) is 18.3 Å². The summed E-state index contributed by atoms with van der Waals surface area (Å²) in [7, 11) is -3.55. The number of nitrogens with zero attached hydrogens (tertiary/aromatic N) is 2. The van der Waals surface area contributed by atoms with Crippen molar-refractivity contribution in [3.8, 4) is 0 Å². The van der Waals surface area contributed by atoms with E-state index in [1.807, 2.05) is 6.92 Å². The van der Waals surface area contributed by atoms with Crippen LogP contribution in [0.1, 0.15) is 33.6 Å². The van der Waals surface area contributed by atoms with E-state index in [2.05, 4.69) is 39.0 Å². The molecular formula is C17H25N5O2S. The van der Waals surface area contributed by atoms with Crippen molar-refractivity contribution in [1.29, 1.82) is 0 Å². The van der Waals surface area contributed by atoms with Gasteiger partial charge in [0, 0.05) is 41.8 Å². The van der Waals surface area contributed by atoms with Gasteiger partial charge < -0.3 is 10.2 Å². The Balaban J connectivity index is 1.77. The van der Waals surface area contributed by atoms with Crippen molar-refractivity contribution < 1.29 is 8.42 Å². The third-order valence-electron chi connectivity index (χ3n) is 5.10. The Morgan fingerprint density at radius 3 is 2.56 bits per heavy atom. The number of aromatic amines is 1. The molecule has 2 aromatic rings. The Morgan fingerprint density at radius 1 is 1.24 bits per heavy atom. The van der Waals surface area contributed by atoms with Crippen LogP contribution in [-0.2, 0) is 10.0 Å². The molecule has 1 aliphatic heterocycles. The van der Waals surface area contributed by atoms with Crippen LogP contribution in [0.5, 0.6) is 0 Å². The number of hydrogen-bond donors (Lipinski definition) is 3. The van der Waals surface area contributed by atoms with Gasteiger partial charge in [-0.25, -0.2) is 13.1 Å². The van der Waals surface area contributed by atoms with Crippen molar-refractivity contribution >= 4 is 26.6 Å². The molecule has 0 spiro atoms. The summed E-state index contributed by atoms with van der Waals surface area (Å²) in [6, 6.07) is 4.15. The molecule has 136 valence electrons. The number of piperazine rings is 1. The summed E-state index contributed by atoms with van der Waals surface area (Å²) in [6.07, 6.45) is 3.55. The van der Waals surface area contributed by atoms with Gasteiger partial charge in [0.1, 0.15) is 0 Å². The van der Waals surface area contributed by atoms with Gasteiger partial charge in [-0.05, 0) is 45.7 Å². The predicted octanol–water partition coefficient (Wildman–Crippen LogP) is 1.58. The van der Waals surface area contributed by atoms with E-state index in [4.69, 9.17) is 0 Å². The minimum atomic E-state index is -3.55. The molecule has 1 aromatic carbocycles. The van der Waals surface area contributed by atoms with Crippen LogP contribution in [0.2, 0.25) is 0 Å². The van der Waals surface area contributed by atoms with Crippen LogP contribution in [0.4, 0.5) is 5.69 Å². The maximum Gasteiger partial charge on any atom is 0.241 e. The van der Waals surface area contributed by atoms with Crippen molar-refractivity contribution in [2.24, 2.45) is 0 Å². The summed E-state index contributed by atoms with van der Waals surface area (Å²) in [5.41, 5.74) is 1.38. The molecule has 8 heteroatoms. The molecule has 25 heavy (non-hydrogen) atoms. The highest BCUT2D eigenvalue weighted by Gasteiger charge is 2.41. The van der Waals surface area contributed by atoms with E-state index >= 15 is 0 Å². The topological polar surface area (TPSA) is 90.1 Å². The molecule has 1 saturated carbocycles. The maximum absolute atomic E-state index is 12.8. The lowest BCUT2D eigenvalue weighted by Crippen LogP contribution is -2.54. The van der Waals surface area contributed by atoms with E-state index in [1.165, 1.54) is 0 Å². The molecule has 1 aromatic heterocycles. The lowest BCUT2D eigenvalue weighted by molar-refractivity contribution is 0.407. The van der Waals surface area contributed by atoms with Crippen LogP contribution in [-0.4, -0.2) is 49.3 Å². The Labute approximate surface area is 148 Å². The average Bonchev–Trinajstić information content (AvgIpc) is 3.05. The van der Waals surface area contributed by atoms with Crippen LogP contribution in [0.3, 0.4) is 0 Å². The van der Waals surface area contributed by atoms with E-state index in [9.17, 15) is 8.42 Å². The van der Waals surface area contributed by atoms with E-state index in [0.29, 0.717) is 17.0 Å². The highest BCUT2D eigenvalue weighted by Crippen LogP contribution is 2.37. The number of fused-ring (bicyclic) bond motifs is 1. The van der Waals surface area contributed by atoms with Crippen LogP contribution >= 0.6 is 0 Å². The number of anilines is 1. The third-order valence-corrected chi connectivity index (χ3v) is 6.72. The SMILES string of the molecule is C[C@H]1CN(c2cc(S(=O)(=O)NC3(C)CC3)cc3[nH]ncc23)C[C@H](C)N1. The fraction of sp³-hybridized carbons (Fsp3) is 0.588. The molecule has 2 aliphatic rings. The minimum Gasteiger partial charge on any atom is -0.368 e. The number of nitrogens with one attached hydrogen (secondary N) is 3. The first kappa shape index (κ1) is 16.8. The van der Waals surface area contributed by atoms with Gasteiger partial charge in [-0.3, -0.25) is 5.10 Å². The molecule has 1 saturated heterocycles. The largest absolute Gasteiger partial charge is 0.368 e. The Kier molecular flexibility index (Phi) is 3.82. The van der Waals surface area contributed by atoms with Gasteiger partial charge >= 0.3 is 0 Å². The van der Waals surface area contributed by atoms with Crippen LogP contribution < -0.4 is 14.9 Å². The summed E-state index contributed by atoms with van der Waals surface area (Å²) < 4.78 is 28.5. The van der Waals surface area contributed by atoms with Crippen molar-refractivity contribution in [3.63, 3.8) is 0 Å². The van der Waals surface area contributed by atoms with E-state index in [0.717, 1.165) is 42.5 Å². The number of H-pyrrole nitrogens is 1. The van der Waals surface area contributed by atoms with Gasteiger partial charge in [0.05, 0.1) is 16.6 Å². The molecule has 0 unspecified atom stereocenters. The van der Waals surface area contributed by atoms with Crippen LogP contribution in [0.25, 0.3) is 10.9 Å².